The first-order chi connectivity index (χ1) is 11.7. The average molecular weight is 388 g/mol. The van der Waals surface area contributed by atoms with Crippen molar-refractivity contribution >= 4 is 44.3 Å². The van der Waals surface area contributed by atoms with Crippen molar-refractivity contribution in [2.45, 2.75) is 19.0 Å². The van der Waals surface area contributed by atoms with Crippen molar-refractivity contribution < 1.29 is 27.4 Å². The van der Waals surface area contributed by atoms with Crippen LogP contribution in [0.25, 0.3) is 0 Å². The van der Waals surface area contributed by atoms with Crippen molar-refractivity contribution in [3.63, 3.8) is 0 Å². The summed E-state index contributed by atoms with van der Waals surface area (Å²) in [7, 11) is -4.71. The maximum absolute atomic E-state index is 12.3. The summed E-state index contributed by atoms with van der Waals surface area (Å²) in [5.74, 6) is -1.89. The molecule has 12 nitrogen and oxygen atoms in total. The molecule has 0 radical (unpaired) electrons. The molecule has 0 saturated carbocycles. The number of rotatable bonds is 6. The third-order valence-electron chi connectivity index (χ3n) is 3.14. The van der Waals surface area contributed by atoms with Gasteiger partial charge in [-0.1, -0.05) is 5.16 Å². The Kier molecular flexibility index (Phi) is 5.21. The van der Waals surface area contributed by atoms with E-state index in [1.165, 1.54) is 12.3 Å². The van der Waals surface area contributed by atoms with Crippen LogP contribution in [0.4, 0.5) is 5.13 Å². The first kappa shape index (κ1) is 18.6. The summed E-state index contributed by atoms with van der Waals surface area (Å²) in [6, 6.07) is -0.521. The third kappa shape index (κ3) is 3.84. The molecule has 25 heavy (non-hydrogen) atoms. The molecule has 2 unspecified atom stereocenters. The number of oxime groups is 1. The highest BCUT2D eigenvalue weighted by molar-refractivity contribution is 7.84. The monoisotopic (exact) mass is 388 g/mol. The van der Waals surface area contributed by atoms with Gasteiger partial charge in [0.25, 0.3) is 11.8 Å². The van der Waals surface area contributed by atoms with Crippen LogP contribution < -0.4 is 11.1 Å². The lowest BCUT2D eigenvalue weighted by Gasteiger charge is -2.42. The molecule has 1 aromatic rings. The predicted octanol–water partition coefficient (Wildman–Crippen LogP) is -1.51. The second kappa shape index (κ2) is 7.01. The number of nitrogen functional groups attached to an aromatic ring is 1. The number of hydrogen-bond donors (Lipinski definition) is 3. The van der Waals surface area contributed by atoms with Gasteiger partial charge >= 0.3 is 10.3 Å². The SMILES string of the molecule is CC1C(NC(=O)/C(=N\OCC#N)c2csc(N)n2)C(=O)N1S(=O)(=O)O. The van der Waals surface area contributed by atoms with E-state index in [9.17, 15) is 18.0 Å². The van der Waals surface area contributed by atoms with Crippen LogP contribution in [-0.2, 0) is 24.7 Å². The van der Waals surface area contributed by atoms with Gasteiger partial charge in [-0.3, -0.25) is 14.1 Å². The summed E-state index contributed by atoms with van der Waals surface area (Å²) in [5, 5.41) is 15.8. The number of anilines is 1. The van der Waals surface area contributed by atoms with Gasteiger partial charge in [-0.2, -0.15) is 13.7 Å². The van der Waals surface area contributed by atoms with Crippen LogP contribution in [0.1, 0.15) is 12.6 Å². The second-order valence-corrected chi connectivity index (χ2v) is 6.92. The van der Waals surface area contributed by atoms with Crippen LogP contribution in [0.2, 0.25) is 0 Å². The molecule has 0 aliphatic carbocycles. The maximum atomic E-state index is 12.3. The van der Waals surface area contributed by atoms with Crippen LogP contribution in [0, 0.1) is 11.3 Å². The van der Waals surface area contributed by atoms with Crippen LogP contribution >= 0.6 is 11.3 Å². The Balaban J connectivity index is 2.17. The lowest BCUT2D eigenvalue weighted by molar-refractivity contribution is -0.143. The van der Waals surface area contributed by atoms with Gasteiger partial charge in [0.05, 0.1) is 6.04 Å². The minimum Gasteiger partial charge on any atom is -0.380 e. The highest BCUT2D eigenvalue weighted by atomic mass is 32.2. The number of carbonyl (C=O) groups is 2. The van der Waals surface area contributed by atoms with E-state index in [0.717, 1.165) is 11.3 Å². The number of nitrogens with two attached hydrogens (primary N) is 1. The second-order valence-electron chi connectivity index (χ2n) is 4.75. The first-order valence-corrected chi connectivity index (χ1v) is 8.84. The fraction of sp³-hybridized carbons (Fsp3) is 0.364. The van der Waals surface area contributed by atoms with Crippen molar-refractivity contribution in [2.75, 3.05) is 12.3 Å². The van der Waals surface area contributed by atoms with Crippen molar-refractivity contribution in [1.29, 1.82) is 5.26 Å². The van der Waals surface area contributed by atoms with Gasteiger partial charge in [-0.25, -0.2) is 9.29 Å². The highest BCUT2D eigenvalue weighted by Gasteiger charge is 2.51. The zero-order valence-electron chi connectivity index (χ0n) is 12.6. The van der Waals surface area contributed by atoms with Gasteiger partial charge in [-0.15, -0.1) is 11.3 Å². The number of carbonyl (C=O) groups excluding carboxylic acids is 2. The highest BCUT2D eigenvalue weighted by Crippen LogP contribution is 2.23. The van der Waals surface area contributed by atoms with E-state index in [-0.39, 0.29) is 20.8 Å². The Bertz CT molecular complexity index is 872. The van der Waals surface area contributed by atoms with Crippen LogP contribution in [-0.4, -0.2) is 58.5 Å². The molecule has 2 heterocycles. The first-order valence-electron chi connectivity index (χ1n) is 6.56. The van der Waals surface area contributed by atoms with Crippen molar-refractivity contribution in [3.05, 3.63) is 11.1 Å². The fourth-order valence-electron chi connectivity index (χ4n) is 2.04. The Morgan fingerprint density at radius 2 is 2.36 bits per heavy atom. The van der Waals surface area contributed by atoms with Gasteiger partial charge in [0, 0.05) is 5.38 Å². The van der Waals surface area contributed by atoms with E-state index in [1.807, 2.05) is 0 Å². The quantitative estimate of drug-likeness (QED) is 0.171. The number of hydrogen-bond acceptors (Lipinski definition) is 10. The largest absolute Gasteiger partial charge is 0.380 e. The summed E-state index contributed by atoms with van der Waals surface area (Å²) in [4.78, 5) is 32.7. The van der Waals surface area contributed by atoms with Gasteiger partial charge in [-0.05, 0) is 6.92 Å². The maximum Gasteiger partial charge on any atom is 0.362 e. The Labute approximate surface area is 145 Å². The Morgan fingerprint density at radius 3 is 2.84 bits per heavy atom. The molecular weight excluding hydrogens is 376 g/mol. The molecular formula is C11H12N6O6S2. The average Bonchev–Trinajstić information content (AvgIpc) is 2.94. The van der Waals surface area contributed by atoms with Crippen LogP contribution in [0.3, 0.4) is 0 Å². The molecule has 0 aromatic carbocycles. The number of nitriles is 1. The van der Waals surface area contributed by atoms with Gasteiger partial charge in [0.2, 0.25) is 6.61 Å². The van der Waals surface area contributed by atoms with Gasteiger partial charge in [0.1, 0.15) is 17.8 Å². The zero-order chi connectivity index (χ0) is 18.8. The summed E-state index contributed by atoms with van der Waals surface area (Å²) >= 11 is 1.03. The third-order valence-corrected chi connectivity index (χ3v) is 4.82. The summed E-state index contributed by atoms with van der Waals surface area (Å²) in [6.45, 7) is 0.898. The van der Waals surface area contributed by atoms with E-state index < -0.39 is 40.8 Å². The number of nitrogens with one attached hydrogen (secondary N) is 1. The minimum absolute atomic E-state index is 0.0593. The summed E-state index contributed by atoms with van der Waals surface area (Å²) < 4.78 is 31.3. The minimum atomic E-state index is -4.71. The molecule has 134 valence electrons. The number of nitrogens with zero attached hydrogens (tertiary/aromatic N) is 4. The van der Waals surface area contributed by atoms with Crippen LogP contribution in [0.5, 0.6) is 0 Å². The van der Waals surface area contributed by atoms with Gasteiger partial charge < -0.3 is 15.9 Å². The Hall–Kier alpha value is -2.76. The molecule has 1 aromatic heterocycles. The zero-order valence-corrected chi connectivity index (χ0v) is 14.2. The van der Waals surface area contributed by atoms with E-state index in [1.54, 1.807) is 6.07 Å². The molecule has 2 rings (SSSR count). The van der Waals surface area contributed by atoms with E-state index >= 15 is 0 Å². The fourth-order valence-corrected chi connectivity index (χ4v) is 3.47. The predicted molar refractivity (Wildman–Crippen MR) is 84.4 cm³/mol. The standard InChI is InChI=1S/C11H12N6O6S2/c1-5-7(10(19)17(5)25(20,21)22)15-9(18)8(16-23-3-2-12)6-4-24-11(13)14-6/h4-5,7H,3H2,1H3,(H2,13,14)(H,15,18)(H,20,21,22)/b16-8-. The molecule has 0 spiro atoms. The number of thiazole rings is 1. The molecule has 1 saturated heterocycles. The lowest BCUT2D eigenvalue weighted by atomic mass is 10.0. The van der Waals surface area contributed by atoms with E-state index in [4.69, 9.17) is 15.5 Å². The number of aromatic nitrogens is 1. The molecule has 0 bridgehead atoms. The van der Waals surface area contributed by atoms with Crippen molar-refractivity contribution in [3.8, 4) is 6.07 Å². The number of amides is 2. The van der Waals surface area contributed by atoms with Gasteiger partial charge in [0.15, 0.2) is 10.8 Å². The molecule has 1 aliphatic rings. The topological polar surface area (TPSA) is 188 Å². The van der Waals surface area contributed by atoms with Crippen molar-refractivity contribution in [2.24, 2.45) is 5.16 Å². The van der Waals surface area contributed by atoms with Crippen LogP contribution in [0.15, 0.2) is 10.5 Å². The Morgan fingerprint density at radius 1 is 1.68 bits per heavy atom. The molecule has 14 heteroatoms. The summed E-state index contributed by atoms with van der Waals surface area (Å²) in [5.41, 5.74) is 5.21. The molecule has 1 fully saturated rings. The smallest absolute Gasteiger partial charge is 0.362 e. The lowest BCUT2D eigenvalue weighted by Crippen LogP contribution is -2.71. The van der Waals surface area contributed by atoms with E-state index in [2.05, 4.69) is 20.3 Å². The molecule has 2 amide bonds. The molecule has 2 atom stereocenters. The van der Waals surface area contributed by atoms with E-state index in [0.29, 0.717) is 0 Å². The molecule has 1 aliphatic heterocycles. The number of β-lactam (4-membered cyclic amide) rings is 1. The van der Waals surface area contributed by atoms with Crippen molar-refractivity contribution in [1.82, 2.24) is 14.6 Å². The summed E-state index contributed by atoms with van der Waals surface area (Å²) in [6.07, 6.45) is 0. The molecule has 4 N–H and O–H groups in total. The normalized spacial score (nSPS) is 20.6.